The summed E-state index contributed by atoms with van der Waals surface area (Å²) in [4.78, 5) is 28.4. The molecule has 0 saturated carbocycles. The number of alkyl halides is 3. The number of hydrogen-bond donors (Lipinski definition) is 1. The number of nitrogens with zero attached hydrogens (tertiary/aromatic N) is 1. The summed E-state index contributed by atoms with van der Waals surface area (Å²) in [5, 5.41) is 8.37. The molecule has 2 rings (SSSR count). The largest absolute Gasteiger partial charge is 0.480 e. The minimum absolute atomic E-state index is 0.176. The van der Waals surface area contributed by atoms with Crippen LogP contribution >= 0.6 is 0 Å². The highest BCUT2D eigenvalue weighted by molar-refractivity contribution is 5.67. The van der Waals surface area contributed by atoms with E-state index in [1.807, 2.05) is 13.6 Å². The lowest BCUT2D eigenvalue weighted by Gasteiger charge is -2.31. The number of carbonyl (C=O) groups excluding carboxylic acids is 2. The Morgan fingerprint density at radius 1 is 1.21 bits per heavy atom. The van der Waals surface area contributed by atoms with Gasteiger partial charge in [0.2, 0.25) is 0 Å². The van der Waals surface area contributed by atoms with Gasteiger partial charge < -0.3 is 24.3 Å². The Kier molecular flexibility index (Phi) is 15.7. The number of aliphatic carboxylic acids is 1. The molecule has 1 N–H and O–H groups in total. The number of likely N-dealkylation sites (N-methyl/N-ethyl adjacent to an activating group) is 1. The van der Waals surface area contributed by atoms with Gasteiger partial charge in [-0.05, 0) is 45.0 Å². The maximum atomic E-state index is 12.0. The fourth-order valence-electron chi connectivity index (χ4n) is 2.53. The Balaban J connectivity index is 0. The van der Waals surface area contributed by atoms with E-state index in [9.17, 15) is 18.0 Å². The quantitative estimate of drug-likeness (QED) is 0.825. The highest BCUT2D eigenvalue weighted by Crippen LogP contribution is 2.31. The Morgan fingerprint density at radius 3 is 2.21 bits per heavy atom. The van der Waals surface area contributed by atoms with Gasteiger partial charge in [-0.3, -0.25) is 0 Å². The van der Waals surface area contributed by atoms with E-state index in [1.54, 1.807) is 6.07 Å². The number of hydrogen-bond acceptors (Lipinski definition) is 5. The van der Waals surface area contributed by atoms with Gasteiger partial charge in [0.25, 0.3) is 0 Å². The molecule has 1 aromatic carbocycles. The standard InChI is InChI=1S/C9H17NO3.C8H7F3.2CH2O/c1-10-5-3-2-4-8(10)6-13-7-9(11)12;1-6-4-2-3-5-7(6)8(9,10)11;2*1-2/h8H,2-7H2,1H3,(H,11,12);2-5H,1H3;2*1H2. The van der Waals surface area contributed by atoms with Crippen LogP contribution in [0.1, 0.15) is 30.4 Å². The monoisotopic (exact) mass is 407 g/mol. The van der Waals surface area contributed by atoms with Gasteiger partial charge >= 0.3 is 12.1 Å². The van der Waals surface area contributed by atoms with Crippen LogP contribution in [0.15, 0.2) is 24.3 Å². The SMILES string of the molecule is C=O.C=O.CN1CCCCC1COCC(=O)O.Cc1ccccc1C(F)(F)F. The summed E-state index contributed by atoms with van der Waals surface area (Å²) in [5.74, 6) is -0.890. The molecule has 0 aliphatic carbocycles. The molecule has 1 aliphatic heterocycles. The van der Waals surface area contributed by atoms with E-state index in [0.29, 0.717) is 12.6 Å². The van der Waals surface area contributed by atoms with Gasteiger partial charge in [0.05, 0.1) is 12.2 Å². The number of ether oxygens (including phenoxy) is 1. The Bertz CT molecular complexity index is 553. The van der Waals surface area contributed by atoms with Crippen molar-refractivity contribution in [3.63, 3.8) is 0 Å². The van der Waals surface area contributed by atoms with E-state index in [0.717, 1.165) is 19.0 Å². The molecule has 9 heteroatoms. The van der Waals surface area contributed by atoms with Crippen molar-refractivity contribution in [2.45, 2.75) is 38.4 Å². The molecule has 0 spiro atoms. The number of likely N-dealkylation sites (tertiary alicyclic amines) is 1. The second-order valence-corrected chi connectivity index (χ2v) is 5.85. The minimum atomic E-state index is -4.22. The van der Waals surface area contributed by atoms with Gasteiger partial charge in [-0.2, -0.15) is 13.2 Å². The number of carboxylic acids is 1. The van der Waals surface area contributed by atoms with Crippen molar-refractivity contribution in [3.8, 4) is 0 Å². The van der Waals surface area contributed by atoms with E-state index >= 15 is 0 Å². The van der Waals surface area contributed by atoms with Gasteiger partial charge in [0.15, 0.2) is 0 Å². The molecule has 1 unspecified atom stereocenters. The molecule has 1 heterocycles. The van der Waals surface area contributed by atoms with Crippen LogP contribution in [0.2, 0.25) is 0 Å². The normalized spacial score (nSPS) is 16.2. The van der Waals surface area contributed by atoms with Crippen molar-refractivity contribution >= 4 is 19.5 Å². The van der Waals surface area contributed by atoms with Crippen molar-refractivity contribution in [1.82, 2.24) is 4.90 Å². The van der Waals surface area contributed by atoms with Crippen LogP contribution in [0, 0.1) is 6.92 Å². The lowest BCUT2D eigenvalue weighted by atomic mass is 10.0. The van der Waals surface area contributed by atoms with E-state index in [4.69, 9.17) is 19.4 Å². The van der Waals surface area contributed by atoms with Crippen LogP contribution in [0.25, 0.3) is 0 Å². The number of halogens is 3. The summed E-state index contributed by atoms with van der Waals surface area (Å²) in [6.07, 6.45) is -0.626. The highest BCUT2D eigenvalue weighted by atomic mass is 19.4. The van der Waals surface area contributed by atoms with Crippen molar-refractivity contribution in [2.75, 3.05) is 26.8 Å². The van der Waals surface area contributed by atoms with Crippen molar-refractivity contribution in [3.05, 3.63) is 35.4 Å². The summed E-state index contributed by atoms with van der Waals surface area (Å²) in [7, 11) is 2.06. The minimum Gasteiger partial charge on any atom is -0.480 e. The third-order valence-corrected chi connectivity index (χ3v) is 3.91. The molecule has 0 radical (unpaired) electrons. The van der Waals surface area contributed by atoms with E-state index < -0.39 is 17.7 Å². The van der Waals surface area contributed by atoms with Crippen LogP contribution < -0.4 is 0 Å². The van der Waals surface area contributed by atoms with Crippen LogP contribution in [-0.4, -0.2) is 62.4 Å². The first-order valence-electron chi connectivity index (χ1n) is 8.42. The zero-order valence-corrected chi connectivity index (χ0v) is 16.2. The number of aryl methyl sites for hydroxylation is 1. The predicted octanol–water partition coefficient (Wildman–Crippen LogP) is 3.22. The molecule has 28 heavy (non-hydrogen) atoms. The Hall–Kier alpha value is -2.26. The maximum absolute atomic E-state index is 12.0. The Labute approximate surface area is 163 Å². The van der Waals surface area contributed by atoms with Crippen LogP contribution in [-0.2, 0) is 25.3 Å². The van der Waals surface area contributed by atoms with Gasteiger partial charge in [0.1, 0.15) is 20.2 Å². The summed E-state index contributed by atoms with van der Waals surface area (Å²) in [5.41, 5.74) is -0.292. The molecule has 1 aromatic rings. The lowest BCUT2D eigenvalue weighted by molar-refractivity contribution is -0.143. The fourth-order valence-corrected chi connectivity index (χ4v) is 2.53. The van der Waals surface area contributed by atoms with Crippen molar-refractivity contribution < 1.29 is 37.4 Å². The zero-order valence-electron chi connectivity index (χ0n) is 16.2. The topological polar surface area (TPSA) is 83.9 Å². The fraction of sp³-hybridized carbons (Fsp3) is 0.526. The molecule has 1 aliphatic rings. The lowest BCUT2D eigenvalue weighted by Crippen LogP contribution is -2.39. The summed E-state index contributed by atoms with van der Waals surface area (Å²) in [6, 6.07) is 5.91. The molecule has 1 fully saturated rings. The zero-order chi connectivity index (χ0) is 22.2. The number of benzene rings is 1. The summed E-state index contributed by atoms with van der Waals surface area (Å²) < 4.78 is 41.2. The molecule has 1 atom stereocenters. The van der Waals surface area contributed by atoms with Crippen LogP contribution in [0.5, 0.6) is 0 Å². The van der Waals surface area contributed by atoms with E-state index in [2.05, 4.69) is 11.9 Å². The third kappa shape index (κ3) is 12.2. The van der Waals surface area contributed by atoms with Gasteiger partial charge in [0, 0.05) is 6.04 Å². The molecular weight excluding hydrogens is 379 g/mol. The molecule has 0 bridgehead atoms. The van der Waals surface area contributed by atoms with Crippen molar-refractivity contribution in [1.29, 1.82) is 0 Å². The number of carboxylic acid groups (broad SMARTS) is 1. The van der Waals surface area contributed by atoms with E-state index in [-0.39, 0.29) is 12.2 Å². The van der Waals surface area contributed by atoms with Gasteiger partial charge in [-0.25, -0.2) is 4.79 Å². The molecule has 160 valence electrons. The number of piperidine rings is 1. The molecule has 1 saturated heterocycles. The first-order chi connectivity index (χ1) is 13.2. The van der Waals surface area contributed by atoms with Gasteiger partial charge in [-0.1, -0.05) is 24.6 Å². The molecule has 6 nitrogen and oxygen atoms in total. The molecule has 0 aromatic heterocycles. The number of carbonyl (C=O) groups is 3. The summed E-state index contributed by atoms with van der Waals surface area (Å²) >= 11 is 0. The van der Waals surface area contributed by atoms with E-state index in [1.165, 1.54) is 31.9 Å². The first-order valence-corrected chi connectivity index (χ1v) is 8.42. The predicted molar refractivity (Wildman–Crippen MR) is 99.1 cm³/mol. The molecular formula is C19H28F3NO5. The van der Waals surface area contributed by atoms with Crippen LogP contribution in [0.4, 0.5) is 13.2 Å². The molecule has 0 amide bonds. The second kappa shape index (κ2) is 15.8. The first kappa shape index (κ1) is 28.0. The third-order valence-electron chi connectivity index (χ3n) is 3.91. The summed E-state index contributed by atoms with van der Waals surface area (Å²) in [6.45, 7) is 6.91. The maximum Gasteiger partial charge on any atom is 0.416 e. The highest BCUT2D eigenvalue weighted by Gasteiger charge is 2.31. The van der Waals surface area contributed by atoms with Gasteiger partial charge in [-0.15, -0.1) is 0 Å². The average Bonchev–Trinajstić information content (AvgIpc) is 2.66. The number of rotatable bonds is 4. The smallest absolute Gasteiger partial charge is 0.416 e. The Morgan fingerprint density at radius 2 is 1.79 bits per heavy atom. The van der Waals surface area contributed by atoms with Crippen molar-refractivity contribution in [2.24, 2.45) is 0 Å². The van der Waals surface area contributed by atoms with Crippen LogP contribution in [0.3, 0.4) is 0 Å². The average molecular weight is 407 g/mol. The second-order valence-electron chi connectivity index (χ2n) is 5.85.